The van der Waals surface area contributed by atoms with E-state index in [1.807, 2.05) is 0 Å². The van der Waals surface area contributed by atoms with Crippen molar-refractivity contribution >= 4 is 28.5 Å². The van der Waals surface area contributed by atoms with E-state index in [0.29, 0.717) is 33.9 Å². The van der Waals surface area contributed by atoms with Crippen LogP contribution in [-0.4, -0.2) is 19.7 Å². The first-order valence-corrected chi connectivity index (χ1v) is 5.47. The molecule has 1 aromatic heterocycles. The van der Waals surface area contributed by atoms with Crippen molar-refractivity contribution in [3.05, 3.63) is 29.0 Å². The minimum Gasteiger partial charge on any atom is -0.496 e. The zero-order chi connectivity index (χ0) is 12.4. The monoisotopic (exact) mass is 254 g/mol. The largest absolute Gasteiger partial charge is 0.496 e. The molecule has 0 aliphatic carbocycles. The maximum Gasteiger partial charge on any atom is 0.342 e. The highest BCUT2D eigenvalue weighted by molar-refractivity contribution is 6.35. The van der Waals surface area contributed by atoms with E-state index >= 15 is 0 Å². The van der Waals surface area contributed by atoms with Crippen molar-refractivity contribution in [3.63, 3.8) is 0 Å². The van der Waals surface area contributed by atoms with Crippen LogP contribution >= 0.6 is 11.6 Å². The third kappa shape index (κ3) is 1.96. The molecule has 0 amide bonds. The predicted octanol–water partition coefficient (Wildman–Crippen LogP) is 3.27. The van der Waals surface area contributed by atoms with Crippen molar-refractivity contribution in [2.75, 3.05) is 13.7 Å². The van der Waals surface area contributed by atoms with Crippen LogP contribution < -0.4 is 4.74 Å². The molecule has 4 nitrogen and oxygen atoms in total. The fraction of sp³-hybridized carbons (Fsp3) is 0.250. The minimum atomic E-state index is -0.452. The van der Waals surface area contributed by atoms with Gasteiger partial charge in [0.2, 0.25) is 0 Å². The molecule has 90 valence electrons. The Balaban J connectivity index is 2.65. The Morgan fingerprint density at radius 3 is 2.88 bits per heavy atom. The van der Waals surface area contributed by atoms with E-state index in [9.17, 15) is 4.79 Å². The summed E-state index contributed by atoms with van der Waals surface area (Å²) in [6, 6.07) is 3.34. The Kier molecular flexibility index (Phi) is 3.24. The van der Waals surface area contributed by atoms with Gasteiger partial charge in [-0.05, 0) is 19.1 Å². The summed E-state index contributed by atoms with van der Waals surface area (Å²) in [5.41, 5.74) is 0.746. The average molecular weight is 255 g/mol. The first-order valence-electron chi connectivity index (χ1n) is 5.09. The quantitative estimate of drug-likeness (QED) is 0.789. The van der Waals surface area contributed by atoms with Crippen molar-refractivity contribution in [2.24, 2.45) is 0 Å². The maximum absolute atomic E-state index is 11.7. The third-order valence-electron chi connectivity index (χ3n) is 2.35. The summed E-state index contributed by atoms with van der Waals surface area (Å²) in [6.07, 6.45) is 1.33. The van der Waals surface area contributed by atoms with E-state index in [1.54, 1.807) is 19.1 Å². The van der Waals surface area contributed by atoms with Crippen LogP contribution in [0.15, 0.2) is 22.8 Å². The van der Waals surface area contributed by atoms with Gasteiger partial charge < -0.3 is 13.9 Å². The van der Waals surface area contributed by atoms with Crippen LogP contribution in [0.1, 0.15) is 17.3 Å². The number of carbonyl (C=O) groups is 1. The number of benzene rings is 1. The molecule has 0 spiro atoms. The van der Waals surface area contributed by atoms with E-state index in [0.717, 1.165) is 0 Å². The molecular weight excluding hydrogens is 244 g/mol. The summed E-state index contributed by atoms with van der Waals surface area (Å²) in [6.45, 7) is 2.04. The number of esters is 1. The van der Waals surface area contributed by atoms with Gasteiger partial charge in [0.15, 0.2) is 5.58 Å². The molecule has 0 aliphatic rings. The zero-order valence-electron chi connectivity index (χ0n) is 9.45. The van der Waals surface area contributed by atoms with E-state index in [-0.39, 0.29) is 0 Å². The van der Waals surface area contributed by atoms with Gasteiger partial charge in [-0.2, -0.15) is 0 Å². The molecule has 1 aromatic carbocycles. The molecule has 0 fully saturated rings. The summed E-state index contributed by atoms with van der Waals surface area (Å²) in [5.74, 6) is 0.0769. The number of methoxy groups -OCH3 is 1. The Morgan fingerprint density at radius 2 is 2.24 bits per heavy atom. The van der Waals surface area contributed by atoms with E-state index in [4.69, 9.17) is 25.5 Å². The van der Waals surface area contributed by atoms with Gasteiger partial charge in [-0.25, -0.2) is 4.79 Å². The summed E-state index contributed by atoms with van der Waals surface area (Å²) >= 11 is 5.98. The standard InChI is InChI=1S/C12H11ClO4/c1-3-16-12(14)7-6-17-11-8(13)4-5-9(15-2)10(7)11/h4-6H,3H2,1-2H3. The van der Waals surface area contributed by atoms with Crippen molar-refractivity contribution in [2.45, 2.75) is 6.92 Å². The Bertz CT molecular complexity index is 559. The lowest BCUT2D eigenvalue weighted by Gasteiger charge is -2.04. The van der Waals surface area contributed by atoms with Crippen molar-refractivity contribution in [1.29, 1.82) is 0 Å². The van der Waals surface area contributed by atoms with Crippen LogP contribution in [0.5, 0.6) is 5.75 Å². The predicted molar refractivity (Wildman–Crippen MR) is 63.7 cm³/mol. The van der Waals surface area contributed by atoms with Gasteiger partial charge in [0, 0.05) is 0 Å². The lowest BCUT2D eigenvalue weighted by molar-refractivity contribution is 0.0527. The van der Waals surface area contributed by atoms with E-state index in [2.05, 4.69) is 0 Å². The molecule has 0 atom stereocenters. The fourth-order valence-electron chi connectivity index (χ4n) is 1.62. The third-order valence-corrected chi connectivity index (χ3v) is 2.65. The van der Waals surface area contributed by atoms with Gasteiger partial charge in [0.1, 0.15) is 17.6 Å². The number of rotatable bonds is 3. The van der Waals surface area contributed by atoms with Gasteiger partial charge in [-0.1, -0.05) is 11.6 Å². The van der Waals surface area contributed by atoms with Crippen LogP contribution in [-0.2, 0) is 4.74 Å². The highest BCUT2D eigenvalue weighted by Gasteiger charge is 2.20. The van der Waals surface area contributed by atoms with Crippen molar-refractivity contribution < 1.29 is 18.7 Å². The summed E-state index contributed by atoms with van der Waals surface area (Å²) in [7, 11) is 1.52. The number of hydrogen-bond acceptors (Lipinski definition) is 4. The number of halogens is 1. The number of carbonyl (C=O) groups excluding carboxylic acids is 1. The maximum atomic E-state index is 11.7. The van der Waals surface area contributed by atoms with Gasteiger partial charge in [-0.3, -0.25) is 0 Å². The van der Waals surface area contributed by atoms with Gasteiger partial charge in [0.25, 0.3) is 0 Å². The molecule has 0 bridgehead atoms. The molecule has 2 rings (SSSR count). The Labute approximate surface area is 103 Å². The number of ether oxygens (including phenoxy) is 2. The molecule has 0 saturated carbocycles. The average Bonchev–Trinajstić information content (AvgIpc) is 2.75. The van der Waals surface area contributed by atoms with Crippen LogP contribution in [0.4, 0.5) is 0 Å². The first kappa shape index (κ1) is 11.8. The van der Waals surface area contributed by atoms with Crippen LogP contribution in [0.3, 0.4) is 0 Å². The highest BCUT2D eigenvalue weighted by atomic mass is 35.5. The number of fused-ring (bicyclic) bond motifs is 1. The molecule has 1 heterocycles. The Morgan fingerprint density at radius 1 is 1.47 bits per heavy atom. The Hall–Kier alpha value is -1.68. The van der Waals surface area contributed by atoms with Crippen molar-refractivity contribution in [3.8, 4) is 5.75 Å². The number of furan rings is 1. The van der Waals surface area contributed by atoms with Crippen molar-refractivity contribution in [1.82, 2.24) is 0 Å². The van der Waals surface area contributed by atoms with E-state index in [1.165, 1.54) is 13.4 Å². The normalized spacial score (nSPS) is 10.5. The second kappa shape index (κ2) is 4.67. The second-order valence-corrected chi connectivity index (χ2v) is 3.73. The van der Waals surface area contributed by atoms with E-state index < -0.39 is 5.97 Å². The summed E-state index contributed by atoms with van der Waals surface area (Å²) in [5, 5.41) is 0.967. The molecule has 0 saturated heterocycles. The zero-order valence-corrected chi connectivity index (χ0v) is 10.2. The van der Waals surface area contributed by atoms with Crippen LogP contribution in [0.25, 0.3) is 11.0 Å². The lowest BCUT2D eigenvalue weighted by atomic mass is 10.1. The fourth-order valence-corrected chi connectivity index (χ4v) is 1.82. The molecule has 5 heteroatoms. The molecule has 17 heavy (non-hydrogen) atoms. The first-order chi connectivity index (χ1) is 8.19. The summed E-state index contributed by atoms with van der Waals surface area (Å²) in [4.78, 5) is 11.7. The topological polar surface area (TPSA) is 48.7 Å². The molecular formula is C12H11ClO4. The second-order valence-electron chi connectivity index (χ2n) is 3.32. The van der Waals surface area contributed by atoms with Gasteiger partial charge in [-0.15, -0.1) is 0 Å². The smallest absolute Gasteiger partial charge is 0.342 e. The van der Waals surface area contributed by atoms with Gasteiger partial charge in [0.05, 0.1) is 24.1 Å². The molecule has 0 unspecified atom stereocenters. The number of hydrogen-bond donors (Lipinski definition) is 0. The van der Waals surface area contributed by atoms with Gasteiger partial charge >= 0.3 is 5.97 Å². The molecule has 0 radical (unpaired) electrons. The van der Waals surface area contributed by atoms with Crippen LogP contribution in [0, 0.1) is 0 Å². The SMILES string of the molecule is CCOC(=O)c1coc2c(Cl)ccc(OC)c12. The lowest BCUT2D eigenvalue weighted by Crippen LogP contribution is -2.03. The van der Waals surface area contributed by atoms with Crippen LogP contribution in [0.2, 0.25) is 5.02 Å². The minimum absolute atomic E-state index is 0.300. The molecule has 0 aliphatic heterocycles. The molecule has 2 aromatic rings. The summed E-state index contributed by atoms with van der Waals surface area (Å²) < 4.78 is 15.4. The molecule has 0 N–H and O–H groups in total. The highest BCUT2D eigenvalue weighted by Crippen LogP contribution is 2.35.